The highest BCUT2D eigenvalue weighted by Crippen LogP contribution is 2.76. The molecule has 0 aromatic carbocycles. The first-order chi connectivity index (χ1) is 64.9. The fraction of sp³-hybridized carbons (Fsp3) is 0.901. The Hall–Kier alpha value is -4.49. The van der Waals surface area contributed by atoms with Crippen molar-refractivity contribution in [3.05, 3.63) is 23.8 Å². The minimum atomic E-state index is -2.21. The first-order valence-electron chi connectivity index (χ1n) is 48.0. The van der Waals surface area contributed by atoms with E-state index in [-0.39, 0.29) is 44.6 Å². The number of imide groups is 1. The molecule has 9 aliphatic heterocycles. The van der Waals surface area contributed by atoms with Gasteiger partial charge in [-0.1, -0.05) is 60.1 Å². The molecule has 0 radical (unpaired) electrons. The van der Waals surface area contributed by atoms with Gasteiger partial charge in [0.15, 0.2) is 62.3 Å². The number of aliphatic hydroxyl groups is 22. The van der Waals surface area contributed by atoms with Crippen LogP contribution in [0, 0.1) is 56.2 Å². The minimum absolute atomic E-state index is 0.0198. The molecule has 0 spiro atoms. The zero-order chi connectivity index (χ0) is 100. The third-order valence-electron chi connectivity index (χ3n) is 33.5. The molecule has 47 heteroatoms. The maximum Gasteiger partial charge on any atom is 0.317 e. The summed E-state index contributed by atoms with van der Waals surface area (Å²) in [4.78, 5) is 69.8. The molecule has 138 heavy (non-hydrogen) atoms. The largest absolute Gasteiger partial charge is 0.457 e. The Balaban J connectivity index is 0.712. The Labute approximate surface area is 795 Å². The lowest BCUT2D eigenvalue weighted by atomic mass is 9.33. The van der Waals surface area contributed by atoms with Crippen molar-refractivity contribution >= 4 is 29.7 Å². The molecule has 52 atom stereocenters. The Bertz CT molecular complexity index is 4260. The van der Waals surface area contributed by atoms with Crippen LogP contribution in [0.15, 0.2) is 23.8 Å². The van der Waals surface area contributed by atoms with Crippen LogP contribution in [0.4, 0.5) is 0 Å². The highest BCUT2D eigenvalue weighted by Gasteiger charge is 2.74. The number of nitrogens with one attached hydrogen (secondary N) is 1. The van der Waals surface area contributed by atoms with Crippen LogP contribution in [0.1, 0.15) is 147 Å². The number of fused-ring (bicyclic) bond motifs is 7. The molecule has 13 fully saturated rings. The topological polar surface area (TPSA) is 712 Å². The van der Waals surface area contributed by atoms with Crippen LogP contribution in [0.3, 0.4) is 0 Å². The molecule has 15 aliphatic rings. The summed E-state index contributed by atoms with van der Waals surface area (Å²) in [5, 5.41) is 254. The highest BCUT2D eigenvalue weighted by molar-refractivity contribution is 6.12. The maximum atomic E-state index is 16.5. The van der Waals surface area contributed by atoms with Gasteiger partial charge in [-0.25, -0.2) is 0 Å². The number of amides is 3. The molecular weight excluding hydrogens is 1840 g/mol. The number of aliphatic hydroxyl groups excluding tert-OH is 22. The Morgan fingerprint density at radius 2 is 0.986 bits per heavy atom. The number of carbonyl (C=O) groups is 5. The first-order valence-corrected chi connectivity index (χ1v) is 48.0. The van der Waals surface area contributed by atoms with Crippen molar-refractivity contribution in [3.8, 4) is 0 Å². The predicted octanol–water partition coefficient (Wildman–Crippen LogP) is -8.27. The molecule has 3 amide bonds. The number of rotatable bonds is 26. The van der Waals surface area contributed by atoms with Crippen molar-refractivity contribution in [1.82, 2.24) is 10.2 Å². The molecule has 47 nitrogen and oxygen atoms in total. The predicted molar refractivity (Wildman–Crippen MR) is 454 cm³/mol. The van der Waals surface area contributed by atoms with Gasteiger partial charge in [-0.15, -0.1) is 0 Å². The monoisotopic (exact) mass is 1980 g/mol. The Morgan fingerprint density at radius 3 is 1.64 bits per heavy atom. The van der Waals surface area contributed by atoms with Crippen molar-refractivity contribution in [1.29, 1.82) is 0 Å². The maximum absolute atomic E-state index is 16.5. The van der Waals surface area contributed by atoms with Crippen LogP contribution < -0.4 is 5.32 Å². The second-order valence-electron chi connectivity index (χ2n) is 42.4. The summed E-state index contributed by atoms with van der Waals surface area (Å²) >= 11 is 0. The summed E-state index contributed by atoms with van der Waals surface area (Å²) in [5.74, 6) is -6.76. The second-order valence-corrected chi connectivity index (χ2v) is 42.4. The molecule has 8 saturated heterocycles. The van der Waals surface area contributed by atoms with E-state index in [0.717, 1.165) is 29.5 Å². The third kappa shape index (κ3) is 19.7. The third-order valence-corrected chi connectivity index (χ3v) is 33.5. The minimum Gasteiger partial charge on any atom is -0.457 e. The van der Waals surface area contributed by atoms with Crippen LogP contribution >= 0.6 is 0 Å². The van der Waals surface area contributed by atoms with Crippen LogP contribution in [-0.4, -0.2) is 457 Å². The highest BCUT2D eigenvalue weighted by atomic mass is 16.8. The number of esters is 2. The molecule has 0 aromatic heterocycles. The molecule has 45 unspecified atom stereocenters. The van der Waals surface area contributed by atoms with Gasteiger partial charge in [-0.05, 0) is 131 Å². The van der Waals surface area contributed by atoms with Crippen molar-refractivity contribution < 1.29 is 222 Å². The summed E-state index contributed by atoms with van der Waals surface area (Å²) in [6.07, 6.45) is -69.3. The van der Waals surface area contributed by atoms with Gasteiger partial charge in [0.25, 0.3) is 17.7 Å². The average Bonchev–Trinajstić information content (AvgIpc) is 0.676. The van der Waals surface area contributed by atoms with E-state index in [4.69, 9.17) is 85.3 Å². The van der Waals surface area contributed by atoms with E-state index >= 15 is 4.79 Å². The van der Waals surface area contributed by atoms with Crippen LogP contribution in [0.2, 0.25) is 0 Å². The number of ether oxygens (including phenoxy) is 18. The molecule has 786 valence electrons. The lowest BCUT2D eigenvalue weighted by molar-refractivity contribution is -0.392. The summed E-state index contributed by atoms with van der Waals surface area (Å²) in [6, 6.07) is 0. The Kier molecular flexibility index (Phi) is 32.8. The fourth-order valence-corrected chi connectivity index (χ4v) is 25.1. The van der Waals surface area contributed by atoms with Gasteiger partial charge in [0.1, 0.15) is 152 Å². The number of hydrogen-bond acceptors (Lipinski definition) is 45. The van der Waals surface area contributed by atoms with Gasteiger partial charge in [0.05, 0.1) is 81.9 Å². The zero-order valence-electron chi connectivity index (χ0n) is 78.8. The van der Waals surface area contributed by atoms with Crippen molar-refractivity contribution in [2.75, 3.05) is 46.1 Å². The quantitative estimate of drug-likeness (QED) is 0.0166. The van der Waals surface area contributed by atoms with E-state index < -0.39 is 383 Å². The standard InChI is InChI=1S/C91H142N2O45/c1-33-52(104)44(28-94)128-79(53(33)105)133-70-42(100)31-122-78(65(70)117)131-67-34(2)123-80(62(114)59(67)111)136-74-63(115)68(132-82-66(118)72(69(36(4)124-82)126-37(5)97)127-43-14-13-40(98)54(106)56(43)108)35(3)125-83(74)138-85(120)91-23-22-86(6,7)26-39(91)38-12-15-47-87(8)20-19-49(88(9,32-96)46(87)18-21-89(47,10)90(38,11)27-48(91)101)130-84-75(137-81-61(113)58(110)57(109)45(29-95)129-81)71(134-77-60(112)55(107)41(99)30-121-77)64(116)73(135-84)76(119)92-24-25-93-50(102)16-17-51(93)103/h12,16-17,33-36,39-49,52-75,77-84,94-96,98-101,104-118H,13-15,18-32H2,1-11H3,(H,92,119)/t33?,34?,35?,36?,39?,40?,41?,42?,43?,44?,45?,46?,47?,48-,49+,52?,53?,54?,55?,56?,57?,58?,59?,60?,61?,62?,63?,64?,65?,66?,67?,68?,69?,70?,71?,72?,73?,74?,75?,77?,78?,79?,80?,81?,82?,83?,84?,87+,88+,89-,90-,91-/m1/s1. The van der Waals surface area contributed by atoms with E-state index in [1.165, 1.54) is 27.7 Å². The van der Waals surface area contributed by atoms with E-state index in [1.807, 2.05) is 20.8 Å². The van der Waals surface area contributed by atoms with Gasteiger partial charge in [0, 0.05) is 43.5 Å². The fourth-order valence-electron chi connectivity index (χ4n) is 25.1. The molecule has 23 N–H and O–H groups in total. The van der Waals surface area contributed by atoms with Crippen molar-refractivity contribution in [3.63, 3.8) is 0 Å². The van der Waals surface area contributed by atoms with Gasteiger partial charge in [0.2, 0.25) is 6.29 Å². The summed E-state index contributed by atoms with van der Waals surface area (Å²) in [6.45, 7) is 14.9. The van der Waals surface area contributed by atoms with Crippen LogP contribution in [0.25, 0.3) is 0 Å². The van der Waals surface area contributed by atoms with Gasteiger partial charge >= 0.3 is 11.9 Å². The van der Waals surface area contributed by atoms with E-state index in [1.54, 1.807) is 0 Å². The number of nitrogens with zero attached hydrogens (tertiary/aromatic N) is 1. The Morgan fingerprint density at radius 1 is 0.449 bits per heavy atom. The van der Waals surface area contributed by atoms with E-state index in [9.17, 15) is 132 Å². The lowest BCUT2D eigenvalue weighted by Crippen LogP contribution is -2.70. The van der Waals surface area contributed by atoms with E-state index in [0.29, 0.717) is 38.5 Å². The van der Waals surface area contributed by atoms with Gasteiger partial charge < -0.3 is 203 Å². The smallest absolute Gasteiger partial charge is 0.317 e. The summed E-state index contributed by atoms with van der Waals surface area (Å²) < 4.78 is 112. The summed E-state index contributed by atoms with van der Waals surface area (Å²) in [5.41, 5.74) is -5.24. The molecule has 0 aromatic rings. The van der Waals surface area contributed by atoms with E-state index in [2.05, 4.69) is 32.2 Å². The number of carbonyl (C=O) groups excluding carboxylic acids is 5. The van der Waals surface area contributed by atoms with Gasteiger partial charge in [-0.3, -0.25) is 28.9 Å². The SMILES string of the molecule is CC(=O)OC1C(C)OC(OC2C(C)OC(OC(=O)[C@]34CCC(C)(C)CC3C3=CCC5[C@@]6(C)CC[C@H](OC7OC(C(=O)NCCN8C(=O)C=CC8=O)C(O)C(OC8OCC(O)C(O)C8O)C7OC7OC(CO)C(O)C(O)C7O)[C@@](C)(CO)C6CC[C@@]5(C)[C@]3(C)C[C@H]4O)C(OC3OC(C)C(OC4OCC(O)C(OC5OC(CO)C(O)C(C)C5O)C4O)C(O)C3O)C2O)C(O)C1OC1CCC(O)C(O)C1O. The molecular formula is C91H142N2O45. The number of allylic oxidation sites excluding steroid dienone is 2. The molecule has 6 aliphatic carbocycles. The first kappa shape index (κ1) is 108. The molecule has 0 bridgehead atoms. The van der Waals surface area contributed by atoms with Crippen molar-refractivity contribution in [2.24, 2.45) is 56.2 Å². The lowest BCUT2D eigenvalue weighted by Gasteiger charge is -2.72. The zero-order valence-corrected chi connectivity index (χ0v) is 78.8. The average molecular weight is 1980 g/mol. The summed E-state index contributed by atoms with van der Waals surface area (Å²) in [7, 11) is 0. The second kappa shape index (κ2) is 42.0. The van der Waals surface area contributed by atoms with Crippen LogP contribution in [0.5, 0.6) is 0 Å². The van der Waals surface area contributed by atoms with Crippen molar-refractivity contribution in [2.45, 2.75) is 411 Å². The van der Waals surface area contributed by atoms with Gasteiger partial charge in [-0.2, -0.15) is 0 Å². The molecule has 15 rings (SSSR count). The number of hydrogen-bond donors (Lipinski definition) is 23. The normalized spacial score (nSPS) is 52.0. The molecule has 9 heterocycles. The van der Waals surface area contributed by atoms with Crippen LogP contribution in [-0.2, 0) is 109 Å². The molecule has 5 saturated carbocycles.